The maximum absolute atomic E-state index is 13.8. The molecular formula is C31H40F2N6O4. The number of hydrogen-bond acceptors (Lipinski definition) is 8. The highest BCUT2D eigenvalue weighted by Crippen LogP contribution is 2.27. The predicted molar refractivity (Wildman–Crippen MR) is 161 cm³/mol. The molecule has 232 valence electrons. The van der Waals surface area contributed by atoms with E-state index in [4.69, 9.17) is 14.5 Å². The number of hydrogen-bond donors (Lipinski definition) is 1. The van der Waals surface area contributed by atoms with Crippen molar-refractivity contribution in [2.45, 2.75) is 52.8 Å². The molecule has 0 unspecified atom stereocenters. The van der Waals surface area contributed by atoms with Crippen LogP contribution >= 0.6 is 0 Å². The highest BCUT2D eigenvalue weighted by molar-refractivity contribution is 6.01. The lowest BCUT2D eigenvalue weighted by Gasteiger charge is -2.31. The van der Waals surface area contributed by atoms with Crippen LogP contribution in [0, 0.1) is 11.6 Å². The molecule has 1 aliphatic rings. The monoisotopic (exact) mass is 598 g/mol. The van der Waals surface area contributed by atoms with Gasteiger partial charge in [-0.05, 0) is 64.4 Å². The second-order valence-corrected chi connectivity index (χ2v) is 11.8. The van der Waals surface area contributed by atoms with Gasteiger partial charge >= 0.3 is 6.09 Å². The van der Waals surface area contributed by atoms with E-state index in [0.29, 0.717) is 60.0 Å². The highest BCUT2D eigenvalue weighted by atomic mass is 19.1. The Labute approximate surface area is 251 Å². The molecule has 10 nitrogen and oxygen atoms in total. The molecule has 2 aromatic carbocycles. The van der Waals surface area contributed by atoms with Crippen molar-refractivity contribution >= 4 is 34.5 Å². The van der Waals surface area contributed by atoms with E-state index in [9.17, 15) is 18.4 Å². The zero-order chi connectivity index (χ0) is 31.3. The number of amides is 2. The van der Waals surface area contributed by atoms with Gasteiger partial charge in [-0.2, -0.15) is 0 Å². The summed E-state index contributed by atoms with van der Waals surface area (Å²) in [4.78, 5) is 41.0. The van der Waals surface area contributed by atoms with Gasteiger partial charge in [-0.3, -0.25) is 9.78 Å². The third-order valence-corrected chi connectivity index (χ3v) is 6.90. The number of aromatic nitrogens is 2. The van der Waals surface area contributed by atoms with Gasteiger partial charge < -0.3 is 29.5 Å². The topological polar surface area (TPSA) is 100 Å². The smallest absolute Gasteiger partial charge is 0.410 e. The van der Waals surface area contributed by atoms with Crippen molar-refractivity contribution in [3.8, 4) is 0 Å². The fourth-order valence-corrected chi connectivity index (χ4v) is 4.68. The Hall–Kier alpha value is -4.06. The number of nitrogens with one attached hydrogen (secondary N) is 1. The summed E-state index contributed by atoms with van der Waals surface area (Å²) in [5.74, 6) is -0.969. The van der Waals surface area contributed by atoms with Crippen LogP contribution < -0.4 is 10.2 Å². The van der Waals surface area contributed by atoms with Gasteiger partial charge in [-0.1, -0.05) is 0 Å². The number of likely N-dealkylation sites (N-methyl/N-ethyl adjacent to an activating group) is 1. The molecule has 0 atom stereocenters. The number of halogens is 2. The van der Waals surface area contributed by atoms with Gasteiger partial charge in [0.25, 0.3) is 5.91 Å². The third kappa shape index (κ3) is 8.50. The fourth-order valence-electron chi connectivity index (χ4n) is 4.68. The number of rotatable bonds is 9. The van der Waals surface area contributed by atoms with Gasteiger partial charge in [-0.15, -0.1) is 0 Å². The van der Waals surface area contributed by atoms with Crippen molar-refractivity contribution < 1.29 is 27.8 Å². The average molecular weight is 599 g/mol. The number of carbonyl (C=O) groups excluding carboxylic acids is 2. The quantitative estimate of drug-likeness (QED) is 0.364. The summed E-state index contributed by atoms with van der Waals surface area (Å²) in [7, 11) is 1.66. The molecule has 1 aromatic heterocycles. The van der Waals surface area contributed by atoms with Crippen LogP contribution in [0.15, 0.2) is 36.5 Å². The summed E-state index contributed by atoms with van der Waals surface area (Å²) in [5.41, 5.74) is 1.62. The molecule has 3 aromatic rings. The van der Waals surface area contributed by atoms with Gasteiger partial charge in [0.15, 0.2) is 0 Å². The molecule has 0 saturated carbocycles. The first-order valence-electron chi connectivity index (χ1n) is 14.4. The number of carbonyl (C=O) groups is 2. The minimum absolute atomic E-state index is 0.0972. The van der Waals surface area contributed by atoms with Crippen LogP contribution in [0.25, 0.3) is 11.0 Å². The van der Waals surface area contributed by atoms with Crippen molar-refractivity contribution in [1.82, 2.24) is 19.8 Å². The Kier molecular flexibility index (Phi) is 10.0. The lowest BCUT2D eigenvalue weighted by molar-refractivity contribution is 0.0173. The van der Waals surface area contributed by atoms with Gasteiger partial charge in [0, 0.05) is 57.4 Å². The van der Waals surface area contributed by atoms with E-state index in [1.807, 2.05) is 34.6 Å². The molecule has 1 aliphatic heterocycles. The molecule has 2 heterocycles. The summed E-state index contributed by atoms with van der Waals surface area (Å²) >= 11 is 0. The van der Waals surface area contributed by atoms with Crippen LogP contribution in [0.4, 0.5) is 25.1 Å². The molecule has 0 radical (unpaired) electrons. The van der Waals surface area contributed by atoms with Crippen LogP contribution in [0.3, 0.4) is 0 Å². The molecular weight excluding hydrogens is 558 g/mol. The molecule has 12 heteroatoms. The van der Waals surface area contributed by atoms with E-state index in [2.05, 4.69) is 15.2 Å². The Morgan fingerprint density at radius 1 is 1.07 bits per heavy atom. The van der Waals surface area contributed by atoms with Crippen LogP contribution in [-0.2, 0) is 16.0 Å². The number of benzene rings is 2. The highest BCUT2D eigenvalue weighted by Gasteiger charge is 2.25. The number of nitrogens with zero attached hydrogens (tertiary/aromatic N) is 5. The Morgan fingerprint density at radius 3 is 2.37 bits per heavy atom. The molecule has 1 saturated heterocycles. The summed E-state index contributed by atoms with van der Waals surface area (Å²) in [6.07, 6.45) is 1.22. The van der Waals surface area contributed by atoms with Crippen LogP contribution in [0.5, 0.6) is 0 Å². The molecule has 0 bridgehead atoms. The summed E-state index contributed by atoms with van der Waals surface area (Å²) in [6, 6.07) is 6.53. The Bertz CT molecular complexity index is 1440. The van der Waals surface area contributed by atoms with E-state index in [1.54, 1.807) is 30.3 Å². The Morgan fingerprint density at radius 2 is 1.74 bits per heavy atom. The lowest BCUT2D eigenvalue weighted by atomic mass is 10.1. The maximum Gasteiger partial charge on any atom is 0.410 e. The summed E-state index contributed by atoms with van der Waals surface area (Å²) in [5, 5.41) is 3.21. The number of anilines is 2. The number of fused-ring (bicyclic) bond motifs is 1. The maximum atomic E-state index is 13.8. The van der Waals surface area contributed by atoms with Crippen molar-refractivity contribution in [2.24, 2.45) is 0 Å². The van der Waals surface area contributed by atoms with E-state index >= 15 is 0 Å². The first-order chi connectivity index (χ1) is 20.3. The molecule has 1 fully saturated rings. The van der Waals surface area contributed by atoms with Crippen LogP contribution in [-0.4, -0.2) is 89.9 Å². The summed E-state index contributed by atoms with van der Waals surface area (Å²) in [6.45, 7) is 12.3. The van der Waals surface area contributed by atoms with E-state index in [0.717, 1.165) is 6.07 Å². The minimum atomic E-state index is -0.677. The SMILES string of the molecule is CC(C)N(CCN(C)C(=O)c1cc(NCc2cc(F)cc(F)c2)c2nc(N3CCOCC3)cnc2c1)C(=O)OC(C)(C)C. The molecule has 1 N–H and O–H groups in total. The van der Waals surface area contributed by atoms with Gasteiger partial charge in [0.1, 0.15) is 28.6 Å². The average Bonchev–Trinajstić information content (AvgIpc) is 2.94. The van der Waals surface area contributed by atoms with Crippen molar-refractivity contribution in [3.63, 3.8) is 0 Å². The standard InChI is InChI=1S/C31H40F2N6O4/c1-20(2)39(30(41)43-31(3,4)5)8-7-37(6)29(40)22-15-25(34-18-21-13-23(32)17-24(33)14-21)28-26(16-22)35-19-27(36-28)38-9-11-42-12-10-38/h13-17,19-20,34H,7-12,18H2,1-6H3. The van der Waals surface area contributed by atoms with Crippen LogP contribution in [0.1, 0.15) is 50.5 Å². The second-order valence-electron chi connectivity index (χ2n) is 11.8. The number of ether oxygens (including phenoxy) is 2. The zero-order valence-electron chi connectivity index (χ0n) is 25.6. The van der Waals surface area contributed by atoms with Crippen LogP contribution in [0.2, 0.25) is 0 Å². The van der Waals surface area contributed by atoms with Crippen molar-refractivity contribution in [1.29, 1.82) is 0 Å². The first-order valence-corrected chi connectivity index (χ1v) is 14.4. The molecule has 4 rings (SSSR count). The number of morpholine rings is 1. The van der Waals surface area contributed by atoms with Gasteiger partial charge in [0.05, 0.1) is 30.6 Å². The van der Waals surface area contributed by atoms with E-state index in [-0.39, 0.29) is 31.6 Å². The molecule has 0 spiro atoms. The minimum Gasteiger partial charge on any atom is -0.444 e. The summed E-state index contributed by atoms with van der Waals surface area (Å²) < 4.78 is 38.7. The molecule has 2 amide bonds. The zero-order valence-corrected chi connectivity index (χ0v) is 25.6. The first kappa shape index (κ1) is 31.9. The second kappa shape index (κ2) is 13.5. The Balaban J connectivity index is 1.60. The van der Waals surface area contributed by atoms with E-state index in [1.165, 1.54) is 17.0 Å². The molecule has 0 aliphatic carbocycles. The lowest BCUT2D eigenvalue weighted by Crippen LogP contribution is -2.45. The van der Waals surface area contributed by atoms with Gasteiger partial charge in [0.2, 0.25) is 0 Å². The van der Waals surface area contributed by atoms with Gasteiger partial charge in [-0.25, -0.2) is 18.6 Å². The molecule has 43 heavy (non-hydrogen) atoms. The van der Waals surface area contributed by atoms with Crippen molar-refractivity contribution in [3.05, 3.63) is 59.3 Å². The third-order valence-electron chi connectivity index (χ3n) is 6.90. The normalized spacial score (nSPS) is 13.7. The largest absolute Gasteiger partial charge is 0.444 e. The van der Waals surface area contributed by atoms with E-state index < -0.39 is 23.3 Å². The predicted octanol–water partition coefficient (Wildman–Crippen LogP) is 5.07. The van der Waals surface area contributed by atoms with Crippen molar-refractivity contribution in [2.75, 3.05) is 56.7 Å². The fraction of sp³-hybridized carbons (Fsp3) is 0.484.